The summed E-state index contributed by atoms with van der Waals surface area (Å²) in [4.78, 5) is 12.0. The van der Waals surface area contributed by atoms with Gasteiger partial charge in [-0.1, -0.05) is 69.7 Å². The molecule has 0 aliphatic rings. The molecule has 3 N–H and O–H groups in total. The number of aliphatic hydroxyl groups is 2. The summed E-state index contributed by atoms with van der Waals surface area (Å²) >= 11 is 0. The first-order valence-electron chi connectivity index (χ1n) is 12.0. The number of rotatable bonds is 18. The molecule has 0 saturated heterocycles. The van der Waals surface area contributed by atoms with Crippen LogP contribution in [0, 0.1) is 0 Å². The number of carbonyl (C=O) groups is 1. The van der Waals surface area contributed by atoms with E-state index in [1.807, 2.05) is 24.3 Å². The lowest BCUT2D eigenvalue weighted by atomic mass is 10.0. The molecule has 5 nitrogen and oxygen atoms in total. The summed E-state index contributed by atoms with van der Waals surface area (Å²) in [6, 6.07) is 7.77. The summed E-state index contributed by atoms with van der Waals surface area (Å²) in [5, 5.41) is 21.5. The van der Waals surface area contributed by atoms with E-state index in [1.54, 1.807) is 6.92 Å². The first kappa shape index (κ1) is 27.2. The molecule has 0 fully saturated rings. The van der Waals surface area contributed by atoms with Gasteiger partial charge in [0.05, 0.1) is 12.5 Å². The van der Waals surface area contributed by atoms with Crippen molar-refractivity contribution in [2.24, 2.45) is 0 Å². The van der Waals surface area contributed by atoms with E-state index in [1.165, 1.54) is 51.4 Å². The second-order valence-electron chi connectivity index (χ2n) is 8.26. The third-order valence-corrected chi connectivity index (χ3v) is 5.41. The van der Waals surface area contributed by atoms with E-state index < -0.39 is 24.6 Å². The molecule has 31 heavy (non-hydrogen) atoms. The highest BCUT2D eigenvalue weighted by Crippen LogP contribution is 2.19. The highest BCUT2D eigenvalue weighted by atomic mass is 16.5. The quantitative estimate of drug-likeness (QED) is 0.160. The molecule has 0 aliphatic carbocycles. The highest BCUT2D eigenvalue weighted by molar-refractivity contribution is 5.77. The van der Waals surface area contributed by atoms with E-state index in [9.17, 15) is 9.90 Å². The molecular weight excluding hydrogens is 390 g/mol. The van der Waals surface area contributed by atoms with Crippen LogP contribution in [0.4, 0.5) is 5.69 Å². The van der Waals surface area contributed by atoms with Crippen LogP contribution >= 0.6 is 0 Å². The van der Waals surface area contributed by atoms with Gasteiger partial charge in [0.1, 0.15) is 12.7 Å². The number of nitrogens with one attached hydrogen (secondary N) is 1. The van der Waals surface area contributed by atoms with Gasteiger partial charge in [0.25, 0.3) is 0 Å². The molecule has 1 aromatic carbocycles. The SMILES string of the molecule is CCCCCCCCC/C=C/CCCNc1ccc(C(C)C(=O)OCC(O)CO)cc1. The van der Waals surface area contributed by atoms with Gasteiger partial charge < -0.3 is 20.3 Å². The van der Waals surface area contributed by atoms with Crippen molar-refractivity contribution in [2.75, 3.05) is 25.1 Å². The Morgan fingerprint density at radius 2 is 1.61 bits per heavy atom. The van der Waals surface area contributed by atoms with Crippen molar-refractivity contribution in [3.05, 3.63) is 42.0 Å². The molecule has 2 unspecified atom stereocenters. The highest BCUT2D eigenvalue weighted by Gasteiger charge is 2.18. The lowest BCUT2D eigenvalue weighted by molar-refractivity contribution is -0.148. The molecule has 0 spiro atoms. The third-order valence-electron chi connectivity index (χ3n) is 5.41. The third kappa shape index (κ3) is 13.2. The summed E-state index contributed by atoms with van der Waals surface area (Å²) < 4.78 is 5.02. The van der Waals surface area contributed by atoms with E-state index in [4.69, 9.17) is 9.84 Å². The first-order valence-corrected chi connectivity index (χ1v) is 12.0. The van der Waals surface area contributed by atoms with Crippen LogP contribution in [0.2, 0.25) is 0 Å². The van der Waals surface area contributed by atoms with Crippen LogP contribution in [-0.4, -0.2) is 42.0 Å². The molecule has 0 aromatic heterocycles. The topological polar surface area (TPSA) is 78.8 Å². The lowest BCUT2D eigenvalue weighted by Crippen LogP contribution is -2.24. The zero-order valence-corrected chi connectivity index (χ0v) is 19.5. The van der Waals surface area contributed by atoms with E-state index in [-0.39, 0.29) is 6.61 Å². The standard InChI is InChI=1S/C26H43NO4/c1-3-4-5-6-7-8-9-10-11-12-13-14-19-27-24-17-15-23(16-18-24)22(2)26(30)31-21-25(29)20-28/h11-12,15-18,22,25,27-29H,3-10,13-14,19-21H2,1-2H3/b12-11+. The van der Waals surface area contributed by atoms with Gasteiger partial charge in [-0.05, 0) is 50.3 Å². The van der Waals surface area contributed by atoms with Gasteiger partial charge in [-0.25, -0.2) is 0 Å². The van der Waals surface area contributed by atoms with Crippen molar-refractivity contribution in [2.45, 2.75) is 90.1 Å². The van der Waals surface area contributed by atoms with Crippen LogP contribution < -0.4 is 5.32 Å². The normalized spacial score (nSPS) is 13.3. The second kappa shape index (κ2) is 17.8. The number of aliphatic hydroxyl groups excluding tert-OH is 2. The van der Waals surface area contributed by atoms with E-state index in [2.05, 4.69) is 24.4 Å². The Bertz CT molecular complexity index is 600. The number of unbranched alkanes of at least 4 members (excludes halogenated alkanes) is 8. The van der Waals surface area contributed by atoms with Crippen molar-refractivity contribution < 1.29 is 19.7 Å². The van der Waals surface area contributed by atoms with Crippen molar-refractivity contribution in [1.82, 2.24) is 0 Å². The fourth-order valence-electron chi connectivity index (χ4n) is 3.29. The molecule has 0 saturated carbocycles. The van der Waals surface area contributed by atoms with E-state index in [0.29, 0.717) is 0 Å². The first-order chi connectivity index (χ1) is 15.1. The molecule has 0 amide bonds. The Hall–Kier alpha value is -1.85. The van der Waals surface area contributed by atoms with Crippen LogP contribution in [-0.2, 0) is 9.53 Å². The van der Waals surface area contributed by atoms with Gasteiger partial charge in [-0.2, -0.15) is 0 Å². The zero-order chi connectivity index (χ0) is 22.7. The minimum absolute atomic E-state index is 0.188. The molecule has 0 radical (unpaired) electrons. The Labute approximate surface area is 188 Å². The molecule has 0 heterocycles. The van der Waals surface area contributed by atoms with Crippen molar-refractivity contribution in [3.8, 4) is 0 Å². The number of hydrogen-bond donors (Lipinski definition) is 3. The van der Waals surface area contributed by atoms with Gasteiger partial charge in [-0.15, -0.1) is 0 Å². The average molecular weight is 434 g/mol. The molecule has 0 aliphatic heterocycles. The monoisotopic (exact) mass is 433 g/mol. The summed E-state index contributed by atoms with van der Waals surface area (Å²) in [6.45, 7) is 4.34. The molecule has 1 rings (SSSR count). The average Bonchev–Trinajstić information content (AvgIpc) is 2.80. The lowest BCUT2D eigenvalue weighted by Gasteiger charge is -2.14. The number of esters is 1. The fourth-order valence-corrected chi connectivity index (χ4v) is 3.29. The maximum absolute atomic E-state index is 12.0. The van der Waals surface area contributed by atoms with E-state index in [0.717, 1.165) is 30.6 Å². The number of carbonyl (C=O) groups excluding carboxylic acids is 1. The number of ether oxygens (including phenoxy) is 1. The minimum atomic E-state index is -1.03. The Morgan fingerprint density at radius 3 is 2.26 bits per heavy atom. The summed E-state index contributed by atoms with van der Waals surface area (Å²) in [5.74, 6) is -0.821. The van der Waals surface area contributed by atoms with Crippen LogP contribution in [0.25, 0.3) is 0 Å². The molecule has 176 valence electrons. The largest absolute Gasteiger partial charge is 0.462 e. The summed E-state index contributed by atoms with van der Waals surface area (Å²) in [7, 11) is 0. The molecule has 5 heteroatoms. The molecular formula is C26H43NO4. The van der Waals surface area contributed by atoms with Gasteiger partial charge in [0, 0.05) is 12.2 Å². The number of anilines is 1. The minimum Gasteiger partial charge on any atom is -0.462 e. The predicted molar refractivity (Wildman–Crippen MR) is 128 cm³/mol. The van der Waals surface area contributed by atoms with Crippen LogP contribution in [0.1, 0.15) is 89.5 Å². The Morgan fingerprint density at radius 1 is 1.00 bits per heavy atom. The second-order valence-corrected chi connectivity index (χ2v) is 8.26. The number of benzene rings is 1. The summed E-state index contributed by atoms with van der Waals surface area (Å²) in [6.07, 6.45) is 16.5. The Balaban J connectivity index is 2.13. The van der Waals surface area contributed by atoms with Gasteiger partial charge in [0.2, 0.25) is 0 Å². The van der Waals surface area contributed by atoms with Crippen LogP contribution in [0.5, 0.6) is 0 Å². The van der Waals surface area contributed by atoms with Crippen molar-refractivity contribution in [1.29, 1.82) is 0 Å². The van der Waals surface area contributed by atoms with Gasteiger partial charge in [0.15, 0.2) is 0 Å². The van der Waals surface area contributed by atoms with Gasteiger partial charge >= 0.3 is 5.97 Å². The van der Waals surface area contributed by atoms with Crippen LogP contribution in [0.3, 0.4) is 0 Å². The van der Waals surface area contributed by atoms with Crippen molar-refractivity contribution in [3.63, 3.8) is 0 Å². The fraction of sp³-hybridized carbons (Fsp3) is 0.654. The molecule has 0 bridgehead atoms. The maximum atomic E-state index is 12.0. The Kier molecular flexibility index (Phi) is 15.6. The van der Waals surface area contributed by atoms with Crippen LogP contribution in [0.15, 0.2) is 36.4 Å². The van der Waals surface area contributed by atoms with Crippen molar-refractivity contribution >= 4 is 11.7 Å². The predicted octanol–water partition coefficient (Wildman–Crippen LogP) is 5.58. The maximum Gasteiger partial charge on any atom is 0.313 e. The number of hydrogen-bond acceptors (Lipinski definition) is 5. The molecule has 1 aromatic rings. The number of allylic oxidation sites excluding steroid dienone is 2. The summed E-state index contributed by atoms with van der Waals surface area (Å²) in [5.41, 5.74) is 1.90. The van der Waals surface area contributed by atoms with E-state index >= 15 is 0 Å². The van der Waals surface area contributed by atoms with Gasteiger partial charge in [-0.3, -0.25) is 4.79 Å². The zero-order valence-electron chi connectivity index (χ0n) is 19.5. The smallest absolute Gasteiger partial charge is 0.313 e. The molecule has 2 atom stereocenters.